The van der Waals surface area contributed by atoms with E-state index in [0.717, 1.165) is 28.1 Å². The third-order valence-corrected chi connectivity index (χ3v) is 5.04. The summed E-state index contributed by atoms with van der Waals surface area (Å²) in [5.74, 6) is 0.814. The molecule has 0 radical (unpaired) electrons. The van der Waals surface area contributed by atoms with Crippen molar-refractivity contribution >= 4 is 5.65 Å². The number of hydrogen-bond acceptors (Lipinski definition) is 5. The lowest BCUT2D eigenvalue weighted by molar-refractivity contribution is 0.305. The van der Waals surface area contributed by atoms with Gasteiger partial charge in [0, 0.05) is 42.8 Å². The molecule has 3 heterocycles. The summed E-state index contributed by atoms with van der Waals surface area (Å²) in [6, 6.07) is 17.4. The van der Waals surface area contributed by atoms with Gasteiger partial charge < -0.3 is 10.1 Å². The lowest BCUT2D eigenvalue weighted by Crippen LogP contribution is -2.22. The van der Waals surface area contributed by atoms with Gasteiger partial charge in [-0.25, -0.2) is 4.98 Å². The van der Waals surface area contributed by atoms with Crippen molar-refractivity contribution in [3.8, 4) is 5.75 Å². The van der Waals surface area contributed by atoms with Crippen LogP contribution in [-0.4, -0.2) is 14.4 Å². The molecule has 0 spiro atoms. The van der Waals surface area contributed by atoms with Crippen molar-refractivity contribution in [2.45, 2.75) is 33.0 Å². The first-order valence-corrected chi connectivity index (χ1v) is 9.93. The molecule has 1 N–H and O–H groups in total. The van der Waals surface area contributed by atoms with E-state index >= 15 is 0 Å². The van der Waals surface area contributed by atoms with Gasteiger partial charge in [0.2, 0.25) is 0 Å². The lowest BCUT2D eigenvalue weighted by atomic mass is 10.1. The maximum Gasteiger partial charge on any atom is 0.258 e. The molecule has 0 aliphatic heterocycles. The highest BCUT2D eigenvalue weighted by Crippen LogP contribution is 2.19. The van der Waals surface area contributed by atoms with E-state index < -0.39 is 0 Å². The van der Waals surface area contributed by atoms with E-state index in [2.05, 4.69) is 22.2 Å². The smallest absolute Gasteiger partial charge is 0.258 e. The number of hydrogen-bond donors (Lipinski definition) is 1. The first-order valence-electron chi connectivity index (χ1n) is 9.93. The van der Waals surface area contributed by atoms with Crippen molar-refractivity contribution in [3.05, 3.63) is 106 Å². The minimum atomic E-state index is -0.0664. The Morgan fingerprint density at radius 1 is 1.13 bits per heavy atom. The molecular weight excluding hydrogens is 376 g/mol. The third kappa shape index (κ3) is 4.55. The Balaban J connectivity index is 1.38. The number of pyridine rings is 2. The third-order valence-electron chi connectivity index (χ3n) is 5.04. The number of fused-ring (bicyclic) bond motifs is 1. The SMILES string of the molecule is Cc1cccn2c(=O)cc(CNC(C)c3ccc(OCc4cccnc4)cc3)nc12. The molecule has 0 bridgehead atoms. The molecule has 1 aromatic carbocycles. The van der Waals surface area contributed by atoms with Gasteiger partial charge in [-0.05, 0) is 49.2 Å². The number of ether oxygens (including phenoxy) is 1. The van der Waals surface area contributed by atoms with E-state index in [1.165, 1.54) is 0 Å². The van der Waals surface area contributed by atoms with Gasteiger partial charge in [0.15, 0.2) is 0 Å². The predicted octanol–water partition coefficient (Wildman–Crippen LogP) is 3.83. The van der Waals surface area contributed by atoms with Crippen molar-refractivity contribution in [3.63, 3.8) is 0 Å². The van der Waals surface area contributed by atoms with Gasteiger partial charge in [0.1, 0.15) is 18.0 Å². The molecule has 152 valence electrons. The summed E-state index contributed by atoms with van der Waals surface area (Å²) in [4.78, 5) is 21.1. The van der Waals surface area contributed by atoms with E-state index in [0.29, 0.717) is 18.8 Å². The average Bonchev–Trinajstić information content (AvgIpc) is 2.78. The second-order valence-corrected chi connectivity index (χ2v) is 7.29. The zero-order valence-corrected chi connectivity index (χ0v) is 17.1. The fourth-order valence-corrected chi connectivity index (χ4v) is 3.28. The molecule has 3 aromatic heterocycles. The first-order chi connectivity index (χ1) is 14.6. The maximum atomic E-state index is 12.3. The lowest BCUT2D eigenvalue weighted by Gasteiger charge is -2.15. The maximum absolute atomic E-state index is 12.3. The van der Waals surface area contributed by atoms with Crippen LogP contribution >= 0.6 is 0 Å². The largest absolute Gasteiger partial charge is 0.489 e. The van der Waals surface area contributed by atoms with Crippen LogP contribution in [0.2, 0.25) is 0 Å². The number of rotatable bonds is 7. The van der Waals surface area contributed by atoms with Crippen molar-refractivity contribution in [2.24, 2.45) is 0 Å². The summed E-state index contributed by atoms with van der Waals surface area (Å²) >= 11 is 0. The van der Waals surface area contributed by atoms with Crippen molar-refractivity contribution in [1.82, 2.24) is 19.7 Å². The minimum absolute atomic E-state index is 0.0664. The van der Waals surface area contributed by atoms with Crippen LogP contribution < -0.4 is 15.6 Å². The van der Waals surface area contributed by atoms with Gasteiger partial charge >= 0.3 is 0 Å². The van der Waals surface area contributed by atoms with Crippen LogP contribution in [0.5, 0.6) is 5.75 Å². The number of aromatic nitrogens is 3. The van der Waals surface area contributed by atoms with E-state index in [-0.39, 0.29) is 11.6 Å². The molecule has 6 heteroatoms. The molecule has 0 amide bonds. The first kappa shape index (κ1) is 19.8. The Hall–Kier alpha value is -3.51. The number of benzene rings is 1. The van der Waals surface area contributed by atoms with Crippen LogP contribution in [0, 0.1) is 6.92 Å². The van der Waals surface area contributed by atoms with Crippen LogP contribution in [0.15, 0.2) is 78.0 Å². The van der Waals surface area contributed by atoms with E-state index in [1.54, 1.807) is 29.1 Å². The zero-order chi connectivity index (χ0) is 20.9. The fraction of sp³-hybridized carbons (Fsp3) is 0.208. The number of aryl methyl sites for hydroxylation is 1. The molecule has 1 atom stereocenters. The normalized spacial score (nSPS) is 12.1. The summed E-state index contributed by atoms with van der Waals surface area (Å²) in [6.45, 7) is 5.05. The van der Waals surface area contributed by atoms with E-state index in [4.69, 9.17) is 4.74 Å². The summed E-state index contributed by atoms with van der Waals surface area (Å²) in [6.07, 6.45) is 5.29. The molecule has 0 aliphatic carbocycles. The van der Waals surface area contributed by atoms with Gasteiger partial charge in [-0.15, -0.1) is 0 Å². The van der Waals surface area contributed by atoms with Crippen LogP contribution in [-0.2, 0) is 13.2 Å². The van der Waals surface area contributed by atoms with E-state index in [9.17, 15) is 4.79 Å². The predicted molar refractivity (Wildman–Crippen MR) is 116 cm³/mol. The summed E-state index contributed by atoms with van der Waals surface area (Å²) in [7, 11) is 0. The summed E-state index contributed by atoms with van der Waals surface area (Å²) < 4.78 is 7.39. The molecule has 4 aromatic rings. The van der Waals surface area contributed by atoms with Crippen molar-refractivity contribution < 1.29 is 4.74 Å². The molecule has 0 saturated heterocycles. The molecule has 0 fully saturated rings. The fourth-order valence-electron chi connectivity index (χ4n) is 3.28. The Bertz CT molecular complexity index is 1190. The van der Waals surface area contributed by atoms with Gasteiger partial charge in [-0.1, -0.05) is 24.3 Å². The standard InChI is InChI=1S/C24H24N4O2/c1-17-5-4-12-28-23(29)13-21(27-24(17)28)15-26-18(2)20-7-9-22(10-8-20)30-16-19-6-3-11-25-14-19/h3-14,18,26H,15-16H2,1-2H3. The highest BCUT2D eigenvalue weighted by molar-refractivity contribution is 5.46. The topological polar surface area (TPSA) is 68.5 Å². The second kappa shape index (κ2) is 8.88. The van der Waals surface area contributed by atoms with Gasteiger partial charge in [-0.2, -0.15) is 0 Å². The second-order valence-electron chi connectivity index (χ2n) is 7.29. The summed E-state index contributed by atoms with van der Waals surface area (Å²) in [5.41, 5.74) is 4.51. The molecule has 30 heavy (non-hydrogen) atoms. The molecule has 4 rings (SSSR count). The summed E-state index contributed by atoms with van der Waals surface area (Å²) in [5, 5.41) is 3.44. The molecule has 6 nitrogen and oxygen atoms in total. The van der Waals surface area contributed by atoms with Crippen LogP contribution in [0.3, 0.4) is 0 Å². The van der Waals surface area contributed by atoms with E-state index in [1.807, 2.05) is 55.5 Å². The van der Waals surface area contributed by atoms with Crippen molar-refractivity contribution in [1.29, 1.82) is 0 Å². The Morgan fingerprint density at radius 3 is 2.73 bits per heavy atom. The van der Waals surface area contributed by atoms with Gasteiger partial charge in [0.25, 0.3) is 5.56 Å². The highest BCUT2D eigenvalue weighted by atomic mass is 16.5. The number of nitrogens with one attached hydrogen (secondary N) is 1. The zero-order valence-electron chi connectivity index (χ0n) is 17.1. The van der Waals surface area contributed by atoms with Crippen LogP contribution in [0.1, 0.15) is 35.3 Å². The Labute approximate surface area is 175 Å². The average molecular weight is 400 g/mol. The molecule has 0 saturated carbocycles. The molecular formula is C24H24N4O2. The van der Waals surface area contributed by atoms with Gasteiger partial charge in [0.05, 0.1) is 5.69 Å². The highest BCUT2D eigenvalue weighted by Gasteiger charge is 2.08. The Kier molecular flexibility index (Phi) is 5.86. The minimum Gasteiger partial charge on any atom is -0.489 e. The quantitative estimate of drug-likeness (QED) is 0.511. The van der Waals surface area contributed by atoms with Crippen molar-refractivity contribution in [2.75, 3.05) is 0 Å². The van der Waals surface area contributed by atoms with Crippen LogP contribution in [0.25, 0.3) is 5.65 Å². The molecule has 0 aliphatic rings. The van der Waals surface area contributed by atoms with Crippen LogP contribution in [0.4, 0.5) is 0 Å². The number of nitrogens with zero attached hydrogens (tertiary/aromatic N) is 3. The van der Waals surface area contributed by atoms with Gasteiger partial charge in [-0.3, -0.25) is 14.2 Å². The monoisotopic (exact) mass is 400 g/mol. The molecule has 1 unspecified atom stereocenters. The Morgan fingerprint density at radius 2 is 1.97 bits per heavy atom.